The first-order valence-corrected chi connectivity index (χ1v) is 9.89. The molecule has 0 aliphatic carbocycles. The second kappa shape index (κ2) is 7.23. The third kappa shape index (κ3) is 2.82. The van der Waals surface area contributed by atoms with Crippen LogP contribution in [0.15, 0.2) is 48.5 Å². The van der Waals surface area contributed by atoms with Crippen molar-refractivity contribution in [2.75, 3.05) is 6.54 Å². The lowest BCUT2D eigenvalue weighted by atomic mass is 9.89. The van der Waals surface area contributed by atoms with Gasteiger partial charge >= 0.3 is 0 Å². The highest BCUT2D eigenvalue weighted by atomic mass is 16.2. The zero-order chi connectivity index (χ0) is 19.8. The molecule has 5 heteroatoms. The molecule has 2 aliphatic heterocycles. The van der Waals surface area contributed by atoms with Gasteiger partial charge < -0.3 is 4.90 Å². The van der Waals surface area contributed by atoms with Crippen molar-refractivity contribution in [2.45, 2.75) is 45.2 Å². The average molecular weight is 376 g/mol. The van der Waals surface area contributed by atoms with Crippen LogP contribution in [0.3, 0.4) is 0 Å². The van der Waals surface area contributed by atoms with Gasteiger partial charge in [-0.1, -0.05) is 49.7 Å². The van der Waals surface area contributed by atoms with E-state index >= 15 is 0 Å². The van der Waals surface area contributed by atoms with Gasteiger partial charge in [0.1, 0.15) is 6.04 Å². The Morgan fingerprint density at radius 2 is 1.64 bits per heavy atom. The number of hydrogen-bond donors (Lipinski definition) is 0. The van der Waals surface area contributed by atoms with Crippen molar-refractivity contribution < 1.29 is 14.4 Å². The van der Waals surface area contributed by atoms with E-state index in [1.54, 1.807) is 31.2 Å². The fourth-order valence-corrected chi connectivity index (χ4v) is 4.41. The van der Waals surface area contributed by atoms with E-state index in [0.29, 0.717) is 17.7 Å². The largest absolute Gasteiger partial charge is 0.334 e. The Labute approximate surface area is 164 Å². The fraction of sp³-hybridized carbons (Fsp3) is 0.348. The van der Waals surface area contributed by atoms with Crippen LogP contribution < -0.4 is 0 Å². The lowest BCUT2D eigenvalue weighted by Gasteiger charge is -2.39. The van der Waals surface area contributed by atoms with Gasteiger partial charge in [-0.3, -0.25) is 19.3 Å². The summed E-state index contributed by atoms with van der Waals surface area (Å²) in [6.07, 6.45) is 2.60. The summed E-state index contributed by atoms with van der Waals surface area (Å²) in [5.41, 5.74) is 3.21. The standard InChI is InChI=1S/C23H24N2O3/c1-3-8-20-17-10-5-4-9-16(17)13-14-24(20)21(26)15(2)25-22(27)18-11-6-7-12-19(18)23(25)28/h4-7,9-12,15,20H,3,8,13-14H2,1-2H3/t15-,20?/m0/s1. The number of nitrogens with zero attached hydrogens (tertiary/aromatic N) is 2. The minimum Gasteiger partial charge on any atom is -0.334 e. The van der Waals surface area contributed by atoms with E-state index in [9.17, 15) is 14.4 Å². The summed E-state index contributed by atoms with van der Waals surface area (Å²) in [5.74, 6) is -0.931. The molecule has 28 heavy (non-hydrogen) atoms. The second-order valence-electron chi connectivity index (χ2n) is 7.49. The zero-order valence-corrected chi connectivity index (χ0v) is 16.2. The van der Waals surface area contributed by atoms with E-state index < -0.39 is 6.04 Å². The molecule has 0 aromatic heterocycles. The molecule has 2 heterocycles. The van der Waals surface area contributed by atoms with Crippen LogP contribution >= 0.6 is 0 Å². The van der Waals surface area contributed by atoms with Crippen molar-refractivity contribution in [2.24, 2.45) is 0 Å². The van der Waals surface area contributed by atoms with E-state index in [-0.39, 0.29) is 23.8 Å². The molecule has 0 spiro atoms. The highest BCUT2D eigenvalue weighted by Crippen LogP contribution is 2.34. The first-order chi connectivity index (χ1) is 13.5. The molecule has 2 aromatic carbocycles. The summed E-state index contributed by atoms with van der Waals surface area (Å²) in [6.45, 7) is 4.37. The molecule has 0 radical (unpaired) electrons. The maximum atomic E-state index is 13.4. The van der Waals surface area contributed by atoms with Crippen LogP contribution in [0, 0.1) is 0 Å². The number of carbonyl (C=O) groups excluding carboxylic acids is 3. The molecule has 0 fully saturated rings. The maximum absolute atomic E-state index is 13.4. The second-order valence-corrected chi connectivity index (χ2v) is 7.49. The topological polar surface area (TPSA) is 57.7 Å². The SMILES string of the molecule is CCCC1c2ccccc2CCN1C(=O)[C@H](C)N1C(=O)c2ccccc2C1=O. The third-order valence-corrected chi connectivity index (χ3v) is 5.83. The smallest absolute Gasteiger partial charge is 0.262 e. The first kappa shape index (κ1) is 18.4. The lowest BCUT2D eigenvalue weighted by molar-refractivity contribution is -0.138. The van der Waals surface area contributed by atoms with Gasteiger partial charge in [-0.15, -0.1) is 0 Å². The highest BCUT2D eigenvalue weighted by Gasteiger charge is 2.43. The molecule has 0 N–H and O–H groups in total. The molecule has 3 amide bonds. The number of hydrogen-bond acceptors (Lipinski definition) is 3. The minimum atomic E-state index is -0.822. The number of benzene rings is 2. The monoisotopic (exact) mass is 376 g/mol. The van der Waals surface area contributed by atoms with Crippen LogP contribution in [0.1, 0.15) is 64.6 Å². The summed E-state index contributed by atoms with van der Waals surface area (Å²) < 4.78 is 0. The van der Waals surface area contributed by atoms with Gasteiger partial charge in [0.15, 0.2) is 0 Å². The van der Waals surface area contributed by atoms with Gasteiger partial charge in [-0.25, -0.2) is 0 Å². The van der Waals surface area contributed by atoms with Crippen LogP contribution in [0.25, 0.3) is 0 Å². The number of rotatable bonds is 4. The van der Waals surface area contributed by atoms with Crippen LogP contribution in [-0.2, 0) is 11.2 Å². The van der Waals surface area contributed by atoms with Gasteiger partial charge in [0.2, 0.25) is 5.91 Å². The van der Waals surface area contributed by atoms with Crippen LogP contribution in [0.5, 0.6) is 0 Å². The Morgan fingerprint density at radius 3 is 2.29 bits per heavy atom. The van der Waals surface area contributed by atoms with Gasteiger partial charge in [-0.05, 0) is 43.0 Å². The molecule has 4 rings (SSSR count). The molecule has 0 bridgehead atoms. The molecular formula is C23H24N2O3. The van der Waals surface area contributed by atoms with E-state index in [4.69, 9.17) is 0 Å². The predicted octanol–water partition coefficient (Wildman–Crippen LogP) is 3.60. The Balaban J connectivity index is 1.62. The van der Waals surface area contributed by atoms with Crippen molar-refractivity contribution in [3.8, 4) is 0 Å². The van der Waals surface area contributed by atoms with Crippen LogP contribution in [0.4, 0.5) is 0 Å². The van der Waals surface area contributed by atoms with E-state index in [1.165, 1.54) is 11.1 Å². The zero-order valence-electron chi connectivity index (χ0n) is 16.2. The summed E-state index contributed by atoms with van der Waals surface area (Å²) in [5, 5.41) is 0. The van der Waals surface area contributed by atoms with Crippen LogP contribution in [0.2, 0.25) is 0 Å². The van der Waals surface area contributed by atoms with E-state index in [2.05, 4.69) is 19.1 Å². The summed E-state index contributed by atoms with van der Waals surface area (Å²) in [4.78, 5) is 41.9. The molecule has 1 unspecified atom stereocenters. The van der Waals surface area contributed by atoms with Gasteiger partial charge in [0, 0.05) is 6.54 Å². The minimum absolute atomic E-state index is 0.0138. The molecule has 0 saturated heterocycles. The average Bonchev–Trinajstić information content (AvgIpc) is 2.98. The van der Waals surface area contributed by atoms with Crippen molar-refractivity contribution in [3.05, 3.63) is 70.8 Å². The Hall–Kier alpha value is -2.95. The summed E-state index contributed by atoms with van der Waals surface area (Å²) >= 11 is 0. The summed E-state index contributed by atoms with van der Waals surface area (Å²) in [7, 11) is 0. The molecule has 5 nitrogen and oxygen atoms in total. The highest BCUT2D eigenvalue weighted by molar-refractivity contribution is 6.22. The van der Waals surface area contributed by atoms with Crippen molar-refractivity contribution in [3.63, 3.8) is 0 Å². The maximum Gasteiger partial charge on any atom is 0.262 e. The predicted molar refractivity (Wildman–Crippen MR) is 106 cm³/mol. The normalized spacial score (nSPS) is 19.4. The lowest BCUT2D eigenvalue weighted by Crippen LogP contribution is -2.51. The Morgan fingerprint density at radius 1 is 1.04 bits per heavy atom. The Bertz CT molecular complexity index is 917. The Kier molecular flexibility index (Phi) is 4.75. The quantitative estimate of drug-likeness (QED) is 0.766. The summed E-state index contributed by atoms with van der Waals surface area (Å²) in [6, 6.07) is 14.2. The van der Waals surface area contributed by atoms with Crippen molar-refractivity contribution in [1.82, 2.24) is 9.80 Å². The molecule has 2 aromatic rings. The number of amides is 3. The molecule has 144 valence electrons. The van der Waals surface area contributed by atoms with Crippen LogP contribution in [-0.4, -0.2) is 40.1 Å². The van der Waals surface area contributed by atoms with Gasteiger partial charge in [-0.2, -0.15) is 0 Å². The first-order valence-electron chi connectivity index (χ1n) is 9.89. The molecule has 2 aliphatic rings. The third-order valence-electron chi connectivity index (χ3n) is 5.83. The number of carbonyl (C=O) groups is 3. The van der Waals surface area contributed by atoms with Gasteiger partial charge in [0.25, 0.3) is 11.8 Å². The van der Waals surface area contributed by atoms with Crippen molar-refractivity contribution in [1.29, 1.82) is 0 Å². The molecular weight excluding hydrogens is 352 g/mol. The van der Waals surface area contributed by atoms with E-state index in [0.717, 1.165) is 24.2 Å². The molecule has 0 saturated carbocycles. The van der Waals surface area contributed by atoms with Crippen molar-refractivity contribution >= 4 is 17.7 Å². The number of imide groups is 1. The fourth-order valence-electron chi connectivity index (χ4n) is 4.41. The number of fused-ring (bicyclic) bond motifs is 2. The molecule has 2 atom stereocenters. The van der Waals surface area contributed by atoms with E-state index in [1.807, 2.05) is 17.0 Å². The van der Waals surface area contributed by atoms with Gasteiger partial charge in [0.05, 0.1) is 17.2 Å².